The van der Waals surface area contributed by atoms with Crippen LogP contribution in [-0.2, 0) is 10.0 Å². The molecule has 1 N–H and O–H groups in total. The minimum absolute atomic E-state index is 0.177. The van der Waals surface area contributed by atoms with Crippen molar-refractivity contribution < 1.29 is 12.8 Å². The summed E-state index contributed by atoms with van der Waals surface area (Å²) in [6.45, 7) is 1.85. The maximum Gasteiger partial charge on any atom is 0.274 e. The molecule has 6 nitrogen and oxygen atoms in total. The van der Waals surface area contributed by atoms with E-state index < -0.39 is 10.0 Å². The van der Waals surface area contributed by atoms with Crippen LogP contribution in [0.5, 0.6) is 0 Å². The molecule has 0 radical (unpaired) electrons. The third-order valence-corrected chi connectivity index (χ3v) is 3.51. The molecule has 0 atom stereocenters. The van der Waals surface area contributed by atoms with Crippen LogP contribution in [0.2, 0.25) is 0 Å². The third-order valence-electron chi connectivity index (χ3n) is 2.16. The molecule has 0 bridgehead atoms. The minimum Gasteiger partial charge on any atom is -0.451 e. The summed E-state index contributed by atoms with van der Waals surface area (Å²) in [6.07, 6.45) is 4.53. The maximum absolute atomic E-state index is 11.7. The van der Waals surface area contributed by atoms with Gasteiger partial charge in [-0.3, -0.25) is 0 Å². The Labute approximate surface area is 98.8 Å². The Balaban J connectivity index is 2.55. The van der Waals surface area contributed by atoms with Crippen LogP contribution < -0.4 is 4.72 Å². The molecular formula is C10H11N3O3S. The molecule has 0 aliphatic carbocycles. The van der Waals surface area contributed by atoms with Gasteiger partial charge in [0.25, 0.3) is 10.0 Å². The molecule has 2 heterocycles. The average Bonchev–Trinajstić information content (AvgIpc) is 2.80. The van der Waals surface area contributed by atoms with Gasteiger partial charge in [0, 0.05) is 12.4 Å². The first kappa shape index (κ1) is 11.7. The summed E-state index contributed by atoms with van der Waals surface area (Å²) in [5.74, 6) is 0.318. The van der Waals surface area contributed by atoms with Crippen molar-refractivity contribution in [2.75, 3.05) is 7.05 Å². The van der Waals surface area contributed by atoms with E-state index >= 15 is 0 Å². The topological polar surface area (TPSA) is 85.1 Å². The Hall–Kier alpha value is -1.73. The third kappa shape index (κ3) is 2.20. The van der Waals surface area contributed by atoms with Gasteiger partial charge in [0.05, 0.1) is 11.8 Å². The van der Waals surface area contributed by atoms with Crippen molar-refractivity contribution in [2.45, 2.75) is 12.0 Å². The van der Waals surface area contributed by atoms with E-state index in [-0.39, 0.29) is 5.09 Å². The first-order valence-electron chi connectivity index (χ1n) is 4.84. The van der Waals surface area contributed by atoms with Crippen molar-refractivity contribution in [1.82, 2.24) is 14.7 Å². The average molecular weight is 253 g/mol. The van der Waals surface area contributed by atoms with Gasteiger partial charge in [-0.05, 0) is 25.6 Å². The number of hydrogen-bond donors (Lipinski definition) is 1. The summed E-state index contributed by atoms with van der Waals surface area (Å²) in [7, 11) is -2.32. The van der Waals surface area contributed by atoms with Crippen molar-refractivity contribution in [3.63, 3.8) is 0 Å². The van der Waals surface area contributed by atoms with Gasteiger partial charge in [-0.15, -0.1) is 0 Å². The van der Waals surface area contributed by atoms with Crippen molar-refractivity contribution in [1.29, 1.82) is 0 Å². The van der Waals surface area contributed by atoms with Gasteiger partial charge in [-0.25, -0.2) is 23.1 Å². The highest BCUT2D eigenvalue weighted by Crippen LogP contribution is 2.25. The minimum atomic E-state index is -3.64. The van der Waals surface area contributed by atoms with E-state index in [1.54, 1.807) is 12.4 Å². The Bertz CT molecular complexity index is 617. The number of nitrogens with zero attached hydrogens (tertiary/aromatic N) is 2. The van der Waals surface area contributed by atoms with E-state index in [9.17, 15) is 8.42 Å². The van der Waals surface area contributed by atoms with Crippen LogP contribution in [0.4, 0.5) is 0 Å². The van der Waals surface area contributed by atoms with Crippen LogP contribution in [0.15, 0.2) is 34.2 Å². The molecule has 0 spiro atoms. The van der Waals surface area contributed by atoms with Gasteiger partial charge in [0.2, 0.25) is 5.09 Å². The largest absolute Gasteiger partial charge is 0.451 e. The molecule has 90 valence electrons. The quantitative estimate of drug-likeness (QED) is 0.880. The zero-order valence-corrected chi connectivity index (χ0v) is 10.2. The fraction of sp³-hybridized carbons (Fsp3) is 0.200. The molecule has 0 amide bonds. The summed E-state index contributed by atoms with van der Waals surface area (Å²) < 4.78 is 30.5. The molecule has 0 fully saturated rings. The molecule has 2 aromatic rings. The van der Waals surface area contributed by atoms with Crippen LogP contribution in [-0.4, -0.2) is 25.4 Å². The Kier molecular flexibility index (Phi) is 2.95. The lowest BCUT2D eigenvalue weighted by atomic mass is 10.3. The number of hydrogen-bond acceptors (Lipinski definition) is 5. The summed E-state index contributed by atoms with van der Waals surface area (Å²) in [4.78, 5) is 8.13. The normalized spacial score (nSPS) is 11.6. The van der Waals surface area contributed by atoms with Crippen molar-refractivity contribution in [2.24, 2.45) is 0 Å². The summed E-state index contributed by atoms with van der Waals surface area (Å²) >= 11 is 0. The van der Waals surface area contributed by atoms with E-state index in [1.165, 1.54) is 19.4 Å². The number of furan rings is 1. The predicted octanol–water partition coefficient (Wildman–Crippen LogP) is 0.953. The fourth-order valence-electron chi connectivity index (χ4n) is 1.29. The van der Waals surface area contributed by atoms with Gasteiger partial charge in [-0.2, -0.15) is 0 Å². The molecule has 0 saturated heterocycles. The van der Waals surface area contributed by atoms with Crippen LogP contribution in [0, 0.1) is 6.92 Å². The molecular weight excluding hydrogens is 242 g/mol. The molecule has 7 heteroatoms. The number of aryl methyl sites for hydroxylation is 1. The lowest BCUT2D eigenvalue weighted by molar-refractivity contribution is 0.449. The summed E-state index contributed by atoms with van der Waals surface area (Å²) in [5.41, 5.74) is 1.25. The maximum atomic E-state index is 11.7. The summed E-state index contributed by atoms with van der Waals surface area (Å²) in [5, 5.41) is -0.177. The second-order valence-corrected chi connectivity index (χ2v) is 5.20. The Morgan fingerprint density at radius 1 is 1.29 bits per heavy atom. The zero-order valence-electron chi connectivity index (χ0n) is 9.34. The zero-order chi connectivity index (χ0) is 12.5. The van der Waals surface area contributed by atoms with Crippen LogP contribution in [0.25, 0.3) is 11.4 Å². The van der Waals surface area contributed by atoms with E-state index in [0.29, 0.717) is 11.4 Å². The second kappa shape index (κ2) is 4.27. The number of nitrogens with one attached hydrogen (secondary N) is 1. The molecule has 17 heavy (non-hydrogen) atoms. The van der Waals surface area contributed by atoms with Crippen LogP contribution in [0.3, 0.4) is 0 Å². The molecule has 0 aliphatic heterocycles. The van der Waals surface area contributed by atoms with E-state index in [4.69, 9.17) is 4.42 Å². The van der Waals surface area contributed by atoms with Crippen molar-refractivity contribution in [3.05, 3.63) is 30.3 Å². The van der Waals surface area contributed by atoms with Gasteiger partial charge in [0.15, 0.2) is 5.82 Å². The lowest BCUT2D eigenvalue weighted by Crippen LogP contribution is -2.18. The number of sulfonamides is 1. The van der Waals surface area contributed by atoms with Gasteiger partial charge in [0.1, 0.15) is 0 Å². The standard InChI is InChI=1S/C10H11N3O3S/c1-7-5-12-9(13-6-7)8-3-4-16-10(8)17(14,15)11-2/h3-6,11H,1-2H3. The van der Waals surface area contributed by atoms with E-state index in [0.717, 1.165) is 5.56 Å². The van der Waals surface area contributed by atoms with Crippen LogP contribution >= 0.6 is 0 Å². The van der Waals surface area contributed by atoms with Gasteiger partial charge < -0.3 is 4.42 Å². The first-order valence-corrected chi connectivity index (χ1v) is 6.33. The fourth-order valence-corrected chi connectivity index (χ4v) is 2.11. The molecule has 0 saturated carbocycles. The molecule has 0 unspecified atom stereocenters. The van der Waals surface area contributed by atoms with Crippen molar-refractivity contribution >= 4 is 10.0 Å². The van der Waals surface area contributed by atoms with Crippen molar-refractivity contribution in [3.8, 4) is 11.4 Å². The lowest BCUT2D eigenvalue weighted by Gasteiger charge is -2.02. The second-order valence-electron chi connectivity index (χ2n) is 3.41. The predicted molar refractivity (Wildman–Crippen MR) is 60.7 cm³/mol. The van der Waals surface area contributed by atoms with Gasteiger partial charge >= 0.3 is 0 Å². The number of rotatable bonds is 3. The monoisotopic (exact) mass is 253 g/mol. The highest BCUT2D eigenvalue weighted by atomic mass is 32.2. The highest BCUT2D eigenvalue weighted by Gasteiger charge is 2.22. The molecule has 0 aromatic carbocycles. The summed E-state index contributed by atoms with van der Waals surface area (Å²) in [6, 6.07) is 1.52. The molecule has 0 aliphatic rings. The van der Waals surface area contributed by atoms with Crippen LogP contribution in [0.1, 0.15) is 5.56 Å². The van der Waals surface area contributed by atoms with E-state index in [1.807, 2.05) is 6.92 Å². The smallest absolute Gasteiger partial charge is 0.274 e. The Morgan fingerprint density at radius 3 is 2.53 bits per heavy atom. The number of aromatic nitrogens is 2. The van der Waals surface area contributed by atoms with E-state index in [2.05, 4.69) is 14.7 Å². The SMILES string of the molecule is CNS(=O)(=O)c1occc1-c1ncc(C)cn1. The highest BCUT2D eigenvalue weighted by molar-refractivity contribution is 7.89. The Morgan fingerprint density at radius 2 is 1.94 bits per heavy atom. The molecule has 2 rings (SSSR count). The molecule has 2 aromatic heterocycles. The first-order chi connectivity index (χ1) is 8.04. The van der Waals surface area contributed by atoms with Gasteiger partial charge in [-0.1, -0.05) is 0 Å².